The lowest BCUT2D eigenvalue weighted by molar-refractivity contribution is -0.114. The van der Waals surface area contributed by atoms with Gasteiger partial charge in [0.1, 0.15) is 0 Å². The van der Waals surface area contributed by atoms with Gasteiger partial charge in [-0.15, -0.1) is 0 Å². The number of benzene rings is 2. The lowest BCUT2D eigenvalue weighted by Crippen LogP contribution is -2.30. The number of carbonyl (C=O) groups excluding carboxylic acids is 2. The van der Waals surface area contributed by atoms with E-state index in [0.717, 1.165) is 10.2 Å². The fourth-order valence-electron chi connectivity index (χ4n) is 2.38. The van der Waals surface area contributed by atoms with E-state index in [1.807, 2.05) is 38.1 Å². The van der Waals surface area contributed by atoms with E-state index in [0.29, 0.717) is 24.3 Å². The molecule has 0 saturated heterocycles. The van der Waals surface area contributed by atoms with Crippen molar-refractivity contribution in [2.24, 2.45) is 0 Å². The van der Waals surface area contributed by atoms with Crippen molar-refractivity contribution in [3.05, 3.63) is 58.6 Å². The minimum Gasteiger partial charge on any atom is -0.376 e. The Morgan fingerprint density at radius 3 is 2.28 bits per heavy atom. The molecule has 0 heterocycles. The number of rotatable bonds is 7. The molecule has 0 unspecified atom stereocenters. The second-order valence-electron chi connectivity index (χ2n) is 5.47. The van der Waals surface area contributed by atoms with E-state index < -0.39 is 0 Å². The van der Waals surface area contributed by atoms with Crippen LogP contribution in [0.5, 0.6) is 0 Å². The number of anilines is 2. The lowest BCUT2D eigenvalue weighted by Gasteiger charge is -2.18. The highest BCUT2D eigenvalue weighted by Gasteiger charge is 2.12. The standard InChI is InChI=1S/C19H22BrN3O2/c1-3-23(4-2)19(25)14-8-10-16(11-9-14)22-18(24)13-21-17-7-5-6-15(20)12-17/h5-12,21H,3-4,13H2,1-2H3,(H,22,24). The summed E-state index contributed by atoms with van der Waals surface area (Å²) in [5, 5.41) is 5.87. The van der Waals surface area contributed by atoms with Crippen molar-refractivity contribution in [2.75, 3.05) is 30.3 Å². The van der Waals surface area contributed by atoms with Crippen LogP contribution in [0.2, 0.25) is 0 Å². The highest BCUT2D eigenvalue weighted by Crippen LogP contribution is 2.15. The molecule has 0 aliphatic rings. The molecule has 0 spiro atoms. The Bertz CT molecular complexity index is 728. The third-order valence-electron chi connectivity index (χ3n) is 3.74. The summed E-state index contributed by atoms with van der Waals surface area (Å²) in [5.74, 6) is -0.151. The first-order chi connectivity index (χ1) is 12.0. The minimum atomic E-state index is -0.150. The van der Waals surface area contributed by atoms with Gasteiger partial charge in [-0.1, -0.05) is 22.0 Å². The predicted octanol–water partition coefficient (Wildman–Crippen LogP) is 3.98. The molecule has 2 aromatic carbocycles. The summed E-state index contributed by atoms with van der Waals surface area (Å²) in [6.45, 7) is 5.42. The summed E-state index contributed by atoms with van der Waals surface area (Å²) in [6.07, 6.45) is 0. The summed E-state index contributed by atoms with van der Waals surface area (Å²) in [7, 11) is 0. The van der Waals surface area contributed by atoms with E-state index in [2.05, 4.69) is 26.6 Å². The van der Waals surface area contributed by atoms with Crippen LogP contribution in [-0.4, -0.2) is 36.3 Å². The maximum Gasteiger partial charge on any atom is 0.253 e. The highest BCUT2D eigenvalue weighted by atomic mass is 79.9. The van der Waals surface area contributed by atoms with Gasteiger partial charge in [0.25, 0.3) is 5.91 Å². The van der Waals surface area contributed by atoms with Gasteiger partial charge in [0.15, 0.2) is 0 Å². The highest BCUT2D eigenvalue weighted by molar-refractivity contribution is 9.10. The van der Waals surface area contributed by atoms with Crippen molar-refractivity contribution in [1.82, 2.24) is 4.90 Å². The molecule has 0 aromatic heterocycles. The van der Waals surface area contributed by atoms with Crippen molar-refractivity contribution < 1.29 is 9.59 Å². The number of carbonyl (C=O) groups is 2. The fourth-order valence-corrected chi connectivity index (χ4v) is 2.77. The monoisotopic (exact) mass is 403 g/mol. The smallest absolute Gasteiger partial charge is 0.253 e. The van der Waals surface area contributed by atoms with E-state index in [9.17, 15) is 9.59 Å². The van der Waals surface area contributed by atoms with Gasteiger partial charge in [-0.05, 0) is 56.3 Å². The third-order valence-corrected chi connectivity index (χ3v) is 4.24. The summed E-state index contributed by atoms with van der Waals surface area (Å²) < 4.78 is 0.950. The topological polar surface area (TPSA) is 61.4 Å². The van der Waals surface area contributed by atoms with E-state index >= 15 is 0 Å². The Hall–Kier alpha value is -2.34. The summed E-state index contributed by atoms with van der Waals surface area (Å²) >= 11 is 3.39. The minimum absolute atomic E-state index is 0.000743. The fraction of sp³-hybridized carbons (Fsp3) is 0.263. The zero-order valence-corrected chi connectivity index (χ0v) is 16.0. The molecular formula is C19H22BrN3O2. The SMILES string of the molecule is CCN(CC)C(=O)c1ccc(NC(=O)CNc2cccc(Br)c2)cc1. The number of amides is 2. The Morgan fingerprint density at radius 2 is 1.68 bits per heavy atom. The Balaban J connectivity index is 1.90. The first kappa shape index (κ1) is 19.0. The van der Waals surface area contributed by atoms with Crippen LogP contribution in [0.15, 0.2) is 53.0 Å². The van der Waals surface area contributed by atoms with Gasteiger partial charge < -0.3 is 15.5 Å². The van der Waals surface area contributed by atoms with Crippen molar-refractivity contribution in [3.63, 3.8) is 0 Å². The maximum atomic E-state index is 12.3. The molecule has 132 valence electrons. The van der Waals surface area contributed by atoms with Crippen molar-refractivity contribution in [2.45, 2.75) is 13.8 Å². The Morgan fingerprint density at radius 1 is 1.00 bits per heavy atom. The van der Waals surface area contributed by atoms with Crippen LogP contribution in [-0.2, 0) is 4.79 Å². The van der Waals surface area contributed by atoms with Crippen molar-refractivity contribution >= 4 is 39.1 Å². The van der Waals surface area contributed by atoms with Crippen molar-refractivity contribution in [3.8, 4) is 0 Å². The molecule has 0 aliphatic carbocycles. The molecule has 0 aliphatic heterocycles. The molecule has 5 nitrogen and oxygen atoms in total. The summed E-state index contributed by atoms with van der Waals surface area (Å²) in [4.78, 5) is 26.0. The normalized spacial score (nSPS) is 10.2. The third kappa shape index (κ3) is 5.60. The zero-order valence-electron chi connectivity index (χ0n) is 14.4. The average molecular weight is 404 g/mol. The number of nitrogens with zero attached hydrogens (tertiary/aromatic N) is 1. The molecular weight excluding hydrogens is 382 g/mol. The Kier molecular flexibility index (Phi) is 7.01. The molecule has 0 radical (unpaired) electrons. The van der Waals surface area contributed by atoms with Gasteiger partial charge >= 0.3 is 0 Å². The molecule has 2 aromatic rings. The molecule has 2 amide bonds. The van der Waals surface area contributed by atoms with Crippen LogP contribution in [0, 0.1) is 0 Å². The summed E-state index contributed by atoms with van der Waals surface area (Å²) in [6, 6.07) is 14.6. The quantitative estimate of drug-likeness (QED) is 0.734. The van der Waals surface area contributed by atoms with Gasteiger partial charge in [-0.25, -0.2) is 0 Å². The van der Waals surface area contributed by atoms with Crippen LogP contribution >= 0.6 is 15.9 Å². The number of nitrogens with one attached hydrogen (secondary N) is 2. The predicted molar refractivity (Wildman–Crippen MR) is 105 cm³/mol. The first-order valence-electron chi connectivity index (χ1n) is 8.22. The molecule has 0 saturated carbocycles. The molecule has 2 rings (SSSR count). The zero-order chi connectivity index (χ0) is 18.2. The van der Waals surface area contributed by atoms with Crippen LogP contribution in [0.4, 0.5) is 11.4 Å². The molecule has 2 N–H and O–H groups in total. The van der Waals surface area contributed by atoms with Crippen LogP contribution in [0.25, 0.3) is 0 Å². The Labute approximate surface area is 156 Å². The van der Waals surface area contributed by atoms with Crippen LogP contribution < -0.4 is 10.6 Å². The van der Waals surface area contributed by atoms with E-state index in [1.54, 1.807) is 29.2 Å². The molecule has 25 heavy (non-hydrogen) atoms. The van der Waals surface area contributed by atoms with E-state index in [1.165, 1.54) is 0 Å². The first-order valence-corrected chi connectivity index (χ1v) is 9.01. The molecule has 0 atom stereocenters. The number of hydrogen-bond acceptors (Lipinski definition) is 3. The number of hydrogen-bond donors (Lipinski definition) is 2. The molecule has 0 bridgehead atoms. The van der Waals surface area contributed by atoms with Crippen LogP contribution in [0.3, 0.4) is 0 Å². The van der Waals surface area contributed by atoms with Crippen LogP contribution in [0.1, 0.15) is 24.2 Å². The molecule has 6 heteroatoms. The van der Waals surface area contributed by atoms with Gasteiger partial charge in [0.05, 0.1) is 6.54 Å². The van der Waals surface area contributed by atoms with Gasteiger partial charge in [-0.2, -0.15) is 0 Å². The average Bonchev–Trinajstić information content (AvgIpc) is 2.61. The second-order valence-corrected chi connectivity index (χ2v) is 6.38. The lowest BCUT2D eigenvalue weighted by atomic mass is 10.1. The van der Waals surface area contributed by atoms with Gasteiger partial charge in [-0.3, -0.25) is 9.59 Å². The number of halogens is 1. The second kappa shape index (κ2) is 9.22. The van der Waals surface area contributed by atoms with Gasteiger partial charge in [0, 0.05) is 34.5 Å². The summed E-state index contributed by atoms with van der Waals surface area (Å²) in [5.41, 5.74) is 2.15. The maximum absolute atomic E-state index is 12.3. The van der Waals surface area contributed by atoms with Crippen molar-refractivity contribution in [1.29, 1.82) is 0 Å². The molecule has 0 fully saturated rings. The largest absolute Gasteiger partial charge is 0.376 e. The van der Waals surface area contributed by atoms with E-state index in [-0.39, 0.29) is 18.4 Å². The van der Waals surface area contributed by atoms with E-state index in [4.69, 9.17) is 0 Å². The van der Waals surface area contributed by atoms with Gasteiger partial charge in [0.2, 0.25) is 5.91 Å².